The van der Waals surface area contributed by atoms with Gasteiger partial charge in [0.2, 0.25) is 5.82 Å². The van der Waals surface area contributed by atoms with Gasteiger partial charge in [-0.3, -0.25) is 14.4 Å². The summed E-state index contributed by atoms with van der Waals surface area (Å²) in [6, 6.07) is 0. The Morgan fingerprint density at radius 3 is 1.32 bits per heavy atom. The van der Waals surface area contributed by atoms with E-state index in [0.29, 0.717) is 0 Å². The summed E-state index contributed by atoms with van der Waals surface area (Å²) in [6.45, 7) is 2.42. The van der Waals surface area contributed by atoms with Crippen LogP contribution in [0.5, 0.6) is 0 Å². The Kier molecular flexibility index (Phi) is 7.21. The summed E-state index contributed by atoms with van der Waals surface area (Å²) in [5.74, 6) is -17.8. The van der Waals surface area contributed by atoms with Crippen LogP contribution in [-0.4, -0.2) is 38.9 Å². The lowest BCUT2D eigenvalue weighted by molar-refractivity contribution is -0.149. The van der Waals surface area contributed by atoms with Crippen LogP contribution >= 0.6 is 0 Å². The van der Waals surface area contributed by atoms with Crippen LogP contribution in [0.25, 0.3) is 0 Å². The van der Waals surface area contributed by atoms with Crippen molar-refractivity contribution in [1.82, 2.24) is 0 Å². The molecule has 0 spiro atoms. The largest absolute Gasteiger partial charge is 0.745 e. The second-order valence-corrected chi connectivity index (χ2v) is 7.25. The van der Waals surface area contributed by atoms with Crippen molar-refractivity contribution in [2.24, 2.45) is 0 Å². The summed E-state index contributed by atoms with van der Waals surface area (Å²) in [4.78, 5) is 45.5. The SMILES string of the molecule is CC(=O)O[Si](COC(=O)c1c(F)c(F)c(F)c(F)c1F)(OC(C)=O)OC(C)=O. The fourth-order valence-electron chi connectivity index (χ4n) is 1.82. The molecule has 1 aromatic carbocycles. The van der Waals surface area contributed by atoms with E-state index in [4.69, 9.17) is 0 Å². The Morgan fingerprint density at radius 2 is 1.00 bits per heavy atom. The maximum Gasteiger partial charge on any atom is 0.745 e. The van der Waals surface area contributed by atoms with Gasteiger partial charge in [-0.1, -0.05) is 0 Å². The van der Waals surface area contributed by atoms with Gasteiger partial charge in [-0.05, 0) is 0 Å². The highest BCUT2D eigenvalue weighted by atomic mass is 28.4. The van der Waals surface area contributed by atoms with Gasteiger partial charge in [0, 0.05) is 20.8 Å². The van der Waals surface area contributed by atoms with Gasteiger partial charge >= 0.3 is 14.8 Å². The third kappa shape index (κ3) is 5.25. The van der Waals surface area contributed by atoms with E-state index < -0.39 is 73.6 Å². The lowest BCUT2D eigenvalue weighted by Gasteiger charge is -2.25. The smallest absolute Gasteiger partial charge is 0.453 e. The van der Waals surface area contributed by atoms with E-state index in [9.17, 15) is 41.1 Å². The first kappa shape index (κ1) is 23.0. The second-order valence-electron chi connectivity index (χ2n) is 4.98. The molecule has 0 fully saturated rings. The molecule has 8 nitrogen and oxygen atoms in total. The summed E-state index contributed by atoms with van der Waals surface area (Å²) < 4.78 is 84.9. The molecule has 0 saturated heterocycles. The maximum atomic E-state index is 13.6. The number of esters is 1. The van der Waals surface area contributed by atoms with Gasteiger partial charge in [0.15, 0.2) is 29.5 Å². The van der Waals surface area contributed by atoms with Crippen LogP contribution < -0.4 is 0 Å². The molecular weight excluding hydrogens is 419 g/mol. The molecule has 0 unspecified atom stereocenters. The molecule has 1 aromatic rings. The van der Waals surface area contributed by atoms with Crippen molar-refractivity contribution in [3.05, 3.63) is 34.6 Å². The lowest BCUT2D eigenvalue weighted by atomic mass is 10.1. The zero-order valence-corrected chi connectivity index (χ0v) is 15.4. The van der Waals surface area contributed by atoms with Crippen LogP contribution in [0.2, 0.25) is 0 Å². The van der Waals surface area contributed by atoms with Crippen molar-refractivity contribution < 1.29 is 59.1 Å². The molecular formula is C14H11F5O8Si. The van der Waals surface area contributed by atoms with Crippen molar-refractivity contribution in [3.63, 3.8) is 0 Å². The van der Waals surface area contributed by atoms with Crippen LogP contribution in [0.1, 0.15) is 31.1 Å². The number of rotatable bonds is 6. The molecule has 0 radical (unpaired) electrons. The molecule has 154 valence electrons. The zero-order valence-electron chi connectivity index (χ0n) is 14.4. The first-order chi connectivity index (χ1) is 12.8. The summed E-state index contributed by atoms with van der Waals surface area (Å²) >= 11 is 0. The average molecular weight is 430 g/mol. The number of halogens is 5. The van der Waals surface area contributed by atoms with E-state index in [1.54, 1.807) is 0 Å². The molecule has 0 N–H and O–H groups in total. The highest BCUT2D eigenvalue weighted by Gasteiger charge is 2.54. The number of carbonyl (C=O) groups is 4. The van der Waals surface area contributed by atoms with Crippen LogP contribution in [0.3, 0.4) is 0 Å². The van der Waals surface area contributed by atoms with E-state index in [1.165, 1.54) is 0 Å². The van der Waals surface area contributed by atoms with Crippen molar-refractivity contribution in [1.29, 1.82) is 0 Å². The first-order valence-electron chi connectivity index (χ1n) is 7.08. The van der Waals surface area contributed by atoms with Gasteiger partial charge in [0.05, 0.1) is 0 Å². The van der Waals surface area contributed by atoms with Gasteiger partial charge in [0.25, 0.3) is 17.9 Å². The minimum absolute atomic E-state index is 0.806. The zero-order chi connectivity index (χ0) is 21.8. The van der Waals surface area contributed by atoms with E-state index in [-0.39, 0.29) is 0 Å². The second kappa shape index (κ2) is 8.77. The molecule has 0 aliphatic heterocycles. The fraction of sp³-hybridized carbons (Fsp3) is 0.286. The molecule has 28 heavy (non-hydrogen) atoms. The Balaban J connectivity index is 3.26. The van der Waals surface area contributed by atoms with E-state index in [1.807, 2.05) is 0 Å². The molecule has 0 amide bonds. The topological polar surface area (TPSA) is 105 Å². The van der Waals surface area contributed by atoms with Crippen LogP contribution in [-0.2, 0) is 32.4 Å². The maximum absolute atomic E-state index is 13.6. The molecule has 0 saturated carbocycles. The molecule has 14 heteroatoms. The molecule has 0 aromatic heterocycles. The van der Waals surface area contributed by atoms with E-state index >= 15 is 0 Å². The van der Waals surface area contributed by atoms with Crippen molar-refractivity contribution in [2.45, 2.75) is 20.8 Å². The minimum atomic E-state index is -4.75. The Labute approximate surface area is 154 Å². The third-order valence-corrected chi connectivity index (χ3v) is 4.98. The van der Waals surface area contributed by atoms with Gasteiger partial charge in [0.1, 0.15) is 5.56 Å². The number of benzene rings is 1. The van der Waals surface area contributed by atoms with Gasteiger partial charge < -0.3 is 18.0 Å². The number of ether oxygens (including phenoxy) is 1. The Morgan fingerprint density at radius 1 is 0.679 bits per heavy atom. The first-order valence-corrected chi connectivity index (χ1v) is 9.01. The van der Waals surface area contributed by atoms with Gasteiger partial charge in [-0.15, -0.1) is 0 Å². The predicted octanol–water partition coefficient (Wildman–Crippen LogP) is 1.71. The van der Waals surface area contributed by atoms with Crippen molar-refractivity contribution in [2.75, 3.05) is 6.23 Å². The van der Waals surface area contributed by atoms with E-state index in [0.717, 1.165) is 20.8 Å². The van der Waals surface area contributed by atoms with Gasteiger partial charge in [-0.25, -0.2) is 26.7 Å². The standard InChI is InChI=1S/C14H11F5O8Si/c1-5(20)25-28(26-6(2)21,27-7(3)22)4-24-14(23)8-9(15)11(17)13(19)12(18)10(8)16/h4H2,1-3H3. The summed E-state index contributed by atoms with van der Waals surface area (Å²) in [7, 11) is -4.75. The normalized spacial score (nSPS) is 10.9. The monoisotopic (exact) mass is 430 g/mol. The fourth-order valence-corrected chi connectivity index (χ4v) is 3.74. The molecule has 0 aliphatic carbocycles. The van der Waals surface area contributed by atoms with Gasteiger partial charge in [-0.2, -0.15) is 0 Å². The molecule has 1 rings (SSSR count). The van der Waals surface area contributed by atoms with Crippen LogP contribution in [0.4, 0.5) is 22.0 Å². The third-order valence-electron chi connectivity index (χ3n) is 2.69. The molecule has 0 atom stereocenters. The Bertz CT molecular complexity index is 774. The highest BCUT2D eigenvalue weighted by molar-refractivity contribution is 6.65. The summed E-state index contributed by atoms with van der Waals surface area (Å²) in [5, 5.41) is 0. The Hall–Kier alpha value is -3.03. The minimum Gasteiger partial charge on any atom is -0.453 e. The highest BCUT2D eigenvalue weighted by Crippen LogP contribution is 2.24. The van der Waals surface area contributed by atoms with E-state index in [2.05, 4.69) is 18.0 Å². The van der Waals surface area contributed by atoms with Crippen LogP contribution in [0.15, 0.2) is 0 Å². The quantitative estimate of drug-likeness (QED) is 0.221. The molecule has 0 aliphatic rings. The molecule has 0 bridgehead atoms. The average Bonchev–Trinajstić information content (AvgIpc) is 2.54. The number of hydrogen-bond acceptors (Lipinski definition) is 8. The summed E-state index contributed by atoms with van der Waals surface area (Å²) in [5.41, 5.74) is -1.95. The van der Waals surface area contributed by atoms with Crippen molar-refractivity contribution in [3.8, 4) is 0 Å². The van der Waals surface area contributed by atoms with Crippen molar-refractivity contribution >= 4 is 32.7 Å². The predicted molar refractivity (Wildman–Crippen MR) is 77.6 cm³/mol. The lowest BCUT2D eigenvalue weighted by Crippen LogP contribution is -2.54. The molecule has 0 heterocycles. The number of hydrogen-bond donors (Lipinski definition) is 0. The summed E-state index contributed by atoms with van der Waals surface area (Å²) in [6.07, 6.45) is -1.34. The van der Waals surface area contributed by atoms with Crippen LogP contribution in [0, 0.1) is 29.1 Å². The number of carbonyl (C=O) groups excluding carboxylic acids is 4.